The largest absolute Gasteiger partial charge is 0.378 e. The van der Waals surface area contributed by atoms with Crippen LogP contribution in [0.2, 0.25) is 0 Å². The Kier molecular flexibility index (Phi) is 3.79. The Morgan fingerprint density at radius 1 is 1.05 bits per heavy atom. The first-order valence-corrected chi connectivity index (χ1v) is 7.21. The second-order valence-electron chi connectivity index (χ2n) is 5.43. The van der Waals surface area contributed by atoms with Crippen LogP contribution in [0.5, 0.6) is 0 Å². The van der Waals surface area contributed by atoms with Crippen molar-refractivity contribution < 1.29 is 4.79 Å². The van der Waals surface area contributed by atoms with Gasteiger partial charge in [0.2, 0.25) is 0 Å². The lowest BCUT2D eigenvalue weighted by Crippen LogP contribution is -2.07. The van der Waals surface area contributed by atoms with E-state index in [1.807, 2.05) is 73.6 Å². The molecule has 3 aromatic rings. The van der Waals surface area contributed by atoms with Crippen molar-refractivity contribution in [1.82, 2.24) is 4.98 Å². The number of aromatic amines is 1. The standard InChI is InChI=1S/C19H18N2O/c1-21(2)15-10-7-14(8-11-15)9-12-19(22)17-13-20-18-6-4-3-5-16(17)18/h3-13,20H,1-2H3/b12-9+. The third-order valence-corrected chi connectivity index (χ3v) is 3.69. The zero-order chi connectivity index (χ0) is 15.5. The first-order chi connectivity index (χ1) is 10.6. The molecule has 1 heterocycles. The van der Waals surface area contributed by atoms with Crippen molar-refractivity contribution in [2.45, 2.75) is 0 Å². The van der Waals surface area contributed by atoms with Gasteiger partial charge in [-0.05, 0) is 29.8 Å². The maximum absolute atomic E-state index is 12.4. The van der Waals surface area contributed by atoms with Gasteiger partial charge in [-0.15, -0.1) is 0 Å². The Hall–Kier alpha value is -2.81. The number of anilines is 1. The topological polar surface area (TPSA) is 36.1 Å². The number of carbonyl (C=O) groups is 1. The highest BCUT2D eigenvalue weighted by Gasteiger charge is 2.08. The maximum atomic E-state index is 12.4. The smallest absolute Gasteiger partial charge is 0.187 e. The van der Waals surface area contributed by atoms with Gasteiger partial charge in [-0.1, -0.05) is 36.4 Å². The van der Waals surface area contributed by atoms with E-state index in [1.54, 1.807) is 12.3 Å². The number of hydrogen-bond donors (Lipinski definition) is 1. The van der Waals surface area contributed by atoms with Crippen molar-refractivity contribution in [2.75, 3.05) is 19.0 Å². The molecule has 0 amide bonds. The first kappa shape index (κ1) is 14.1. The third-order valence-electron chi connectivity index (χ3n) is 3.69. The second-order valence-corrected chi connectivity index (χ2v) is 5.43. The zero-order valence-corrected chi connectivity index (χ0v) is 12.7. The number of fused-ring (bicyclic) bond motifs is 1. The molecule has 3 heteroatoms. The summed E-state index contributed by atoms with van der Waals surface area (Å²) in [6.07, 6.45) is 5.25. The molecule has 22 heavy (non-hydrogen) atoms. The Morgan fingerprint density at radius 2 is 1.77 bits per heavy atom. The predicted octanol–water partition coefficient (Wildman–Crippen LogP) is 4.13. The number of H-pyrrole nitrogens is 1. The maximum Gasteiger partial charge on any atom is 0.187 e. The predicted molar refractivity (Wildman–Crippen MR) is 92.4 cm³/mol. The number of benzene rings is 2. The van der Waals surface area contributed by atoms with Gasteiger partial charge in [-0.3, -0.25) is 4.79 Å². The van der Waals surface area contributed by atoms with Crippen LogP contribution in [0.25, 0.3) is 17.0 Å². The summed E-state index contributed by atoms with van der Waals surface area (Å²) in [6, 6.07) is 15.9. The van der Waals surface area contributed by atoms with Crippen molar-refractivity contribution in [1.29, 1.82) is 0 Å². The molecule has 0 saturated heterocycles. The minimum Gasteiger partial charge on any atom is -0.378 e. The monoisotopic (exact) mass is 290 g/mol. The van der Waals surface area contributed by atoms with Gasteiger partial charge >= 0.3 is 0 Å². The molecule has 0 saturated carbocycles. The number of para-hydroxylation sites is 1. The molecule has 0 spiro atoms. The van der Waals surface area contributed by atoms with E-state index in [2.05, 4.69) is 4.98 Å². The SMILES string of the molecule is CN(C)c1ccc(/C=C/C(=O)c2c[nH]c3ccccc23)cc1. The van der Waals surface area contributed by atoms with Gasteiger partial charge in [0.1, 0.15) is 0 Å². The number of allylic oxidation sites excluding steroid dienone is 1. The summed E-state index contributed by atoms with van der Waals surface area (Å²) in [4.78, 5) is 17.5. The van der Waals surface area contributed by atoms with E-state index in [1.165, 1.54) is 0 Å². The van der Waals surface area contributed by atoms with Crippen LogP contribution in [0.3, 0.4) is 0 Å². The molecule has 0 atom stereocenters. The highest BCUT2D eigenvalue weighted by atomic mass is 16.1. The molecular formula is C19H18N2O. The lowest BCUT2D eigenvalue weighted by Gasteiger charge is -2.11. The van der Waals surface area contributed by atoms with Crippen molar-refractivity contribution in [3.63, 3.8) is 0 Å². The van der Waals surface area contributed by atoms with E-state index < -0.39 is 0 Å². The number of rotatable bonds is 4. The van der Waals surface area contributed by atoms with E-state index in [4.69, 9.17) is 0 Å². The number of ketones is 1. The average Bonchev–Trinajstić information content (AvgIpc) is 2.97. The third kappa shape index (κ3) is 2.79. The van der Waals surface area contributed by atoms with Gasteiger partial charge in [0, 0.05) is 42.4 Å². The van der Waals surface area contributed by atoms with Gasteiger partial charge in [-0.25, -0.2) is 0 Å². The zero-order valence-electron chi connectivity index (χ0n) is 12.7. The summed E-state index contributed by atoms with van der Waals surface area (Å²) in [5.74, 6) is 0.00846. The lowest BCUT2D eigenvalue weighted by molar-refractivity contribution is 0.104. The van der Waals surface area contributed by atoms with Crippen molar-refractivity contribution in [3.05, 3.63) is 71.9 Å². The lowest BCUT2D eigenvalue weighted by atomic mass is 10.1. The van der Waals surface area contributed by atoms with Gasteiger partial charge in [0.05, 0.1) is 0 Å². The van der Waals surface area contributed by atoms with E-state index in [0.29, 0.717) is 5.56 Å². The fourth-order valence-corrected chi connectivity index (χ4v) is 2.42. The van der Waals surface area contributed by atoms with Crippen LogP contribution >= 0.6 is 0 Å². The highest BCUT2D eigenvalue weighted by Crippen LogP contribution is 2.19. The first-order valence-electron chi connectivity index (χ1n) is 7.21. The molecule has 3 rings (SSSR count). The van der Waals surface area contributed by atoms with E-state index in [9.17, 15) is 4.79 Å². The molecule has 0 aliphatic rings. The molecule has 3 nitrogen and oxygen atoms in total. The van der Waals surface area contributed by atoms with Gasteiger partial charge in [-0.2, -0.15) is 0 Å². The second kappa shape index (κ2) is 5.90. The van der Waals surface area contributed by atoms with Crippen LogP contribution in [0.15, 0.2) is 60.8 Å². The fraction of sp³-hybridized carbons (Fsp3) is 0.105. The molecule has 0 bridgehead atoms. The molecule has 110 valence electrons. The Bertz CT molecular complexity index is 826. The van der Waals surface area contributed by atoms with Gasteiger partial charge < -0.3 is 9.88 Å². The summed E-state index contributed by atoms with van der Waals surface area (Å²) in [5, 5.41) is 0.958. The molecule has 2 aromatic carbocycles. The van der Waals surface area contributed by atoms with Crippen LogP contribution in [0, 0.1) is 0 Å². The van der Waals surface area contributed by atoms with Gasteiger partial charge in [0.15, 0.2) is 5.78 Å². The van der Waals surface area contributed by atoms with Crippen LogP contribution in [-0.2, 0) is 0 Å². The average molecular weight is 290 g/mol. The molecule has 1 N–H and O–H groups in total. The van der Waals surface area contributed by atoms with Crippen molar-refractivity contribution in [2.24, 2.45) is 0 Å². The van der Waals surface area contributed by atoms with E-state index in [0.717, 1.165) is 22.2 Å². The number of nitrogens with one attached hydrogen (secondary N) is 1. The quantitative estimate of drug-likeness (QED) is 0.579. The molecule has 0 unspecified atom stereocenters. The number of aromatic nitrogens is 1. The molecule has 0 radical (unpaired) electrons. The van der Waals surface area contributed by atoms with Crippen LogP contribution < -0.4 is 4.90 Å². The summed E-state index contributed by atoms with van der Waals surface area (Å²) in [7, 11) is 4.01. The number of carbonyl (C=O) groups excluding carboxylic acids is 1. The minimum absolute atomic E-state index is 0.00846. The number of hydrogen-bond acceptors (Lipinski definition) is 2. The van der Waals surface area contributed by atoms with E-state index >= 15 is 0 Å². The number of nitrogens with zero attached hydrogens (tertiary/aromatic N) is 1. The summed E-state index contributed by atoms with van der Waals surface area (Å²) in [5.41, 5.74) is 3.84. The Labute approximate surface area is 129 Å². The minimum atomic E-state index is 0.00846. The van der Waals surface area contributed by atoms with Crippen LogP contribution in [-0.4, -0.2) is 24.9 Å². The Balaban J connectivity index is 1.81. The molecular weight excluding hydrogens is 272 g/mol. The molecule has 1 aromatic heterocycles. The van der Waals surface area contributed by atoms with E-state index in [-0.39, 0.29) is 5.78 Å². The normalized spacial score (nSPS) is 11.2. The highest BCUT2D eigenvalue weighted by molar-refractivity contribution is 6.14. The summed E-state index contributed by atoms with van der Waals surface area (Å²) in [6.45, 7) is 0. The van der Waals surface area contributed by atoms with Crippen LogP contribution in [0.4, 0.5) is 5.69 Å². The summed E-state index contributed by atoms with van der Waals surface area (Å²) < 4.78 is 0. The summed E-state index contributed by atoms with van der Waals surface area (Å²) >= 11 is 0. The molecule has 0 aliphatic heterocycles. The van der Waals surface area contributed by atoms with Gasteiger partial charge in [0.25, 0.3) is 0 Å². The van der Waals surface area contributed by atoms with Crippen LogP contribution in [0.1, 0.15) is 15.9 Å². The van der Waals surface area contributed by atoms with Crippen molar-refractivity contribution >= 4 is 28.4 Å². The Morgan fingerprint density at radius 3 is 2.50 bits per heavy atom. The molecule has 0 aliphatic carbocycles. The van der Waals surface area contributed by atoms with Crippen molar-refractivity contribution in [3.8, 4) is 0 Å². The molecule has 0 fully saturated rings. The fourth-order valence-electron chi connectivity index (χ4n) is 2.42.